The van der Waals surface area contributed by atoms with Gasteiger partial charge in [0.05, 0.1) is 17.6 Å². The van der Waals surface area contributed by atoms with Gasteiger partial charge in [0.1, 0.15) is 17.2 Å². The van der Waals surface area contributed by atoms with Crippen LogP contribution in [0.4, 0.5) is 14.5 Å². The van der Waals surface area contributed by atoms with Gasteiger partial charge in [-0.3, -0.25) is 9.48 Å². The molecule has 0 fully saturated rings. The summed E-state index contributed by atoms with van der Waals surface area (Å²) in [6.45, 7) is 0. The van der Waals surface area contributed by atoms with Crippen LogP contribution in [0.5, 0.6) is 0 Å². The Kier molecular flexibility index (Phi) is 5.77. The Morgan fingerprint density at radius 1 is 1.26 bits per heavy atom. The summed E-state index contributed by atoms with van der Waals surface area (Å²) in [7, 11) is 1.74. The van der Waals surface area contributed by atoms with Crippen LogP contribution in [0.1, 0.15) is 33.2 Å². The Morgan fingerprint density at radius 3 is 2.77 bits per heavy atom. The maximum atomic E-state index is 15.2. The molecule has 4 aromatic rings. The van der Waals surface area contributed by atoms with Crippen LogP contribution in [0.25, 0.3) is 0 Å². The first-order valence-corrected chi connectivity index (χ1v) is 9.59. The molecule has 4 rings (SSSR count). The molecule has 3 aromatic heterocycles. The monoisotopic (exact) mass is 443 g/mol. The second kappa shape index (κ2) is 8.65. The van der Waals surface area contributed by atoms with Gasteiger partial charge in [-0.15, -0.1) is 0 Å². The third-order valence-electron chi connectivity index (χ3n) is 4.73. The summed E-state index contributed by atoms with van der Waals surface area (Å²) >= 11 is 6.04. The van der Waals surface area contributed by atoms with Gasteiger partial charge in [0.15, 0.2) is 11.5 Å². The molecule has 0 saturated heterocycles. The Hall–Kier alpha value is -3.59. The quantitative estimate of drug-likeness (QED) is 0.447. The second-order valence-corrected chi connectivity index (χ2v) is 7.20. The lowest BCUT2D eigenvalue weighted by Gasteiger charge is -2.18. The van der Waals surface area contributed by atoms with E-state index in [0.29, 0.717) is 11.3 Å². The second-order valence-electron chi connectivity index (χ2n) is 6.82. The fourth-order valence-corrected chi connectivity index (χ4v) is 3.40. The van der Waals surface area contributed by atoms with Gasteiger partial charge in [-0.05, 0) is 36.2 Å². The van der Waals surface area contributed by atoms with E-state index in [1.807, 2.05) is 0 Å². The van der Waals surface area contributed by atoms with Crippen LogP contribution in [0, 0.1) is 11.6 Å². The molecule has 0 aliphatic carbocycles. The molecule has 1 atom stereocenters. The predicted molar refractivity (Wildman–Crippen MR) is 109 cm³/mol. The molecule has 1 aromatic carbocycles. The van der Waals surface area contributed by atoms with Crippen molar-refractivity contribution in [3.63, 3.8) is 0 Å². The van der Waals surface area contributed by atoms with Crippen LogP contribution < -0.4 is 5.32 Å². The van der Waals surface area contributed by atoms with Gasteiger partial charge >= 0.3 is 0 Å². The van der Waals surface area contributed by atoms with Crippen LogP contribution in [-0.2, 0) is 13.5 Å². The summed E-state index contributed by atoms with van der Waals surface area (Å²) in [4.78, 5) is 16.5. The highest BCUT2D eigenvalue weighted by Gasteiger charge is 2.24. The van der Waals surface area contributed by atoms with E-state index in [0.717, 1.165) is 12.1 Å². The molecule has 0 aliphatic heterocycles. The lowest BCUT2D eigenvalue weighted by Crippen LogP contribution is -2.15. The van der Waals surface area contributed by atoms with Gasteiger partial charge in [-0.1, -0.05) is 22.8 Å². The molecule has 0 aliphatic rings. The minimum absolute atomic E-state index is 0.0263. The molecule has 0 saturated carbocycles. The summed E-state index contributed by atoms with van der Waals surface area (Å²) in [5.74, 6) is -2.82. The molecule has 0 bridgehead atoms. The van der Waals surface area contributed by atoms with Gasteiger partial charge in [0, 0.05) is 30.8 Å². The normalized spacial score (nSPS) is 12.0. The van der Waals surface area contributed by atoms with Crippen molar-refractivity contribution in [2.45, 2.75) is 12.3 Å². The molecule has 1 unspecified atom stereocenters. The number of hydrogen-bond donors (Lipinski definition) is 1. The largest absolute Gasteiger partial charge is 0.364 e. The van der Waals surface area contributed by atoms with Crippen molar-refractivity contribution in [2.75, 3.05) is 5.32 Å². The van der Waals surface area contributed by atoms with E-state index in [9.17, 15) is 9.18 Å². The fraction of sp³-hybridized carbons (Fsp3) is 0.143. The smallest absolute Gasteiger partial charge is 0.277 e. The van der Waals surface area contributed by atoms with Crippen LogP contribution in [0.15, 0.2) is 59.6 Å². The number of nitrogens with zero attached hydrogens (tertiary/aromatic N) is 4. The van der Waals surface area contributed by atoms with Crippen molar-refractivity contribution in [3.05, 3.63) is 94.4 Å². The predicted octanol–water partition coefficient (Wildman–Crippen LogP) is 4.36. The maximum Gasteiger partial charge on any atom is 0.277 e. The number of benzene rings is 1. The highest BCUT2D eigenvalue weighted by Crippen LogP contribution is 2.32. The number of aryl methyl sites for hydroxylation is 1. The summed E-state index contributed by atoms with van der Waals surface area (Å²) in [5.41, 5.74) is 0.855. The number of anilines is 1. The van der Waals surface area contributed by atoms with Crippen molar-refractivity contribution < 1.29 is 18.1 Å². The average molecular weight is 444 g/mol. The molecule has 0 spiro atoms. The standard InChI is InChI=1S/C21H16ClF2N5O2/c1-29-11-12(10-25-29)13(16-3-2-4-19(22)26-16)9-14-15(23)5-6-17(20(14)24)27-21(30)18-7-8-31-28-18/h2-8,10-11,13H,9H2,1H3,(H,27,30). The van der Waals surface area contributed by atoms with Crippen LogP contribution in [-0.4, -0.2) is 25.8 Å². The van der Waals surface area contributed by atoms with Crippen molar-refractivity contribution in [2.24, 2.45) is 7.05 Å². The first-order valence-electron chi connectivity index (χ1n) is 9.22. The van der Waals surface area contributed by atoms with Gasteiger partial charge in [-0.25, -0.2) is 13.8 Å². The molecule has 7 nitrogen and oxygen atoms in total. The zero-order valence-electron chi connectivity index (χ0n) is 16.2. The van der Waals surface area contributed by atoms with Crippen molar-refractivity contribution in [1.29, 1.82) is 0 Å². The van der Waals surface area contributed by atoms with Gasteiger partial charge in [-0.2, -0.15) is 5.10 Å². The lowest BCUT2D eigenvalue weighted by molar-refractivity contribution is 0.101. The van der Waals surface area contributed by atoms with Crippen molar-refractivity contribution >= 4 is 23.2 Å². The Balaban J connectivity index is 1.70. The summed E-state index contributed by atoms with van der Waals surface area (Å²) < 4.78 is 36.1. The lowest BCUT2D eigenvalue weighted by atomic mass is 9.90. The molecule has 10 heteroatoms. The third kappa shape index (κ3) is 4.46. The molecule has 158 valence electrons. The fourth-order valence-electron chi connectivity index (χ4n) is 3.23. The molecule has 0 radical (unpaired) electrons. The first-order chi connectivity index (χ1) is 14.9. The minimum atomic E-state index is -0.882. The summed E-state index contributed by atoms with van der Waals surface area (Å²) in [5, 5.41) is 10.3. The third-order valence-corrected chi connectivity index (χ3v) is 4.94. The number of rotatable bonds is 6. The molecule has 1 N–H and O–H groups in total. The number of hydrogen-bond acceptors (Lipinski definition) is 5. The number of aromatic nitrogens is 4. The molecule has 31 heavy (non-hydrogen) atoms. The zero-order valence-corrected chi connectivity index (χ0v) is 17.0. The van der Waals surface area contributed by atoms with E-state index in [1.54, 1.807) is 42.3 Å². The SMILES string of the molecule is Cn1cc(C(Cc2c(F)ccc(NC(=O)c3ccon3)c2F)c2cccc(Cl)n2)cn1. The van der Waals surface area contributed by atoms with E-state index < -0.39 is 23.5 Å². The van der Waals surface area contributed by atoms with E-state index in [-0.39, 0.29) is 28.5 Å². The number of pyridine rings is 1. The van der Waals surface area contributed by atoms with Crippen LogP contribution >= 0.6 is 11.6 Å². The molecular weight excluding hydrogens is 428 g/mol. The number of carbonyl (C=O) groups excluding carboxylic acids is 1. The highest BCUT2D eigenvalue weighted by molar-refractivity contribution is 6.29. The topological polar surface area (TPSA) is 85.8 Å². The highest BCUT2D eigenvalue weighted by atomic mass is 35.5. The number of nitrogens with one attached hydrogen (secondary N) is 1. The summed E-state index contributed by atoms with van der Waals surface area (Å²) in [6, 6.07) is 8.66. The van der Waals surface area contributed by atoms with E-state index in [4.69, 9.17) is 11.6 Å². The zero-order chi connectivity index (χ0) is 22.0. The van der Waals surface area contributed by atoms with Gasteiger partial charge in [0.25, 0.3) is 5.91 Å². The van der Waals surface area contributed by atoms with Crippen LogP contribution in [0.2, 0.25) is 5.15 Å². The maximum absolute atomic E-state index is 15.2. The van der Waals surface area contributed by atoms with Gasteiger partial charge in [0.2, 0.25) is 0 Å². The number of halogens is 3. The first kappa shape index (κ1) is 20.7. The van der Waals surface area contributed by atoms with E-state index in [1.165, 1.54) is 12.3 Å². The van der Waals surface area contributed by atoms with Crippen molar-refractivity contribution in [3.8, 4) is 0 Å². The summed E-state index contributed by atoms with van der Waals surface area (Å²) in [6.07, 6.45) is 4.51. The Morgan fingerprint density at radius 2 is 2.10 bits per heavy atom. The van der Waals surface area contributed by atoms with Crippen molar-refractivity contribution in [1.82, 2.24) is 19.9 Å². The average Bonchev–Trinajstić information content (AvgIpc) is 3.42. The van der Waals surface area contributed by atoms with Gasteiger partial charge < -0.3 is 9.84 Å². The number of carbonyl (C=O) groups is 1. The molecule has 3 heterocycles. The van der Waals surface area contributed by atoms with E-state index >= 15 is 4.39 Å². The van der Waals surface area contributed by atoms with E-state index in [2.05, 4.69) is 25.1 Å². The van der Waals surface area contributed by atoms with Crippen LogP contribution in [0.3, 0.4) is 0 Å². The Bertz CT molecular complexity index is 1230. The molecule has 1 amide bonds. The molecular formula is C21H16ClF2N5O2. The number of amides is 1. The Labute approximate surface area is 180 Å². The minimum Gasteiger partial charge on any atom is -0.364 e.